The van der Waals surface area contributed by atoms with Gasteiger partial charge < -0.3 is 20.1 Å². The fourth-order valence-corrected chi connectivity index (χ4v) is 2.70. The molecule has 0 aliphatic heterocycles. The number of halogens is 2. The minimum atomic E-state index is -0.698. The first kappa shape index (κ1) is 25.2. The summed E-state index contributed by atoms with van der Waals surface area (Å²) in [5, 5.41) is 5.75. The first-order valence-electron chi connectivity index (χ1n) is 9.65. The molecule has 0 aromatic heterocycles. The van der Waals surface area contributed by atoms with Crippen LogP contribution in [0, 0.1) is 0 Å². The Kier molecular flexibility index (Phi) is 9.49. The quantitative estimate of drug-likeness (QED) is 0.512. The van der Waals surface area contributed by atoms with Crippen molar-refractivity contribution in [2.45, 2.75) is 32.8 Å². The van der Waals surface area contributed by atoms with Crippen LogP contribution in [0.15, 0.2) is 42.5 Å². The van der Waals surface area contributed by atoms with Crippen molar-refractivity contribution in [3.8, 4) is 0 Å². The van der Waals surface area contributed by atoms with Crippen molar-refractivity contribution in [2.24, 2.45) is 0 Å². The zero-order valence-corrected chi connectivity index (χ0v) is 19.0. The Hall–Kier alpha value is -3.10. The predicted octanol–water partition coefficient (Wildman–Crippen LogP) is 4.46. The zero-order valence-electron chi connectivity index (χ0n) is 17.4. The lowest BCUT2D eigenvalue weighted by Crippen LogP contribution is -2.21. The van der Waals surface area contributed by atoms with Crippen molar-refractivity contribution in [1.29, 1.82) is 0 Å². The number of anilines is 2. The molecule has 0 aliphatic rings. The number of rotatable bonds is 9. The number of hydrogen-bond acceptors (Lipinski definition) is 6. The van der Waals surface area contributed by atoms with E-state index in [2.05, 4.69) is 10.6 Å². The first-order valence-corrected chi connectivity index (χ1v) is 10.4. The van der Waals surface area contributed by atoms with Crippen LogP contribution in [0.5, 0.6) is 0 Å². The molecule has 2 amide bonds. The highest BCUT2D eigenvalue weighted by atomic mass is 35.5. The van der Waals surface area contributed by atoms with E-state index < -0.39 is 30.4 Å². The highest BCUT2D eigenvalue weighted by molar-refractivity contribution is 6.42. The summed E-state index contributed by atoms with van der Waals surface area (Å²) in [5.74, 6) is -2.13. The summed E-state index contributed by atoms with van der Waals surface area (Å²) in [4.78, 5) is 47.5. The number of nitrogens with one attached hydrogen (secondary N) is 2. The summed E-state index contributed by atoms with van der Waals surface area (Å²) >= 11 is 11.7. The van der Waals surface area contributed by atoms with Gasteiger partial charge in [0, 0.05) is 17.8 Å². The van der Waals surface area contributed by atoms with E-state index in [9.17, 15) is 19.2 Å². The Labute approximate surface area is 195 Å². The van der Waals surface area contributed by atoms with Crippen molar-refractivity contribution in [2.75, 3.05) is 17.2 Å². The highest BCUT2D eigenvalue weighted by Gasteiger charge is 2.13. The predicted molar refractivity (Wildman–Crippen MR) is 121 cm³/mol. The normalized spacial score (nSPS) is 10.4. The van der Waals surface area contributed by atoms with Crippen LogP contribution in [0.2, 0.25) is 10.0 Å². The molecule has 0 spiro atoms. The standard InChI is InChI=1S/C22H22Cl2N2O6/c1-13(2)32-22(30)14-3-5-15(6-4-14)25-19(27)9-10-21(29)31-12-20(28)26-16-7-8-17(23)18(24)11-16/h3-8,11,13H,9-10,12H2,1-2H3,(H,25,27)(H,26,28). The Morgan fingerprint density at radius 1 is 0.844 bits per heavy atom. The molecule has 32 heavy (non-hydrogen) atoms. The van der Waals surface area contributed by atoms with E-state index in [4.69, 9.17) is 32.7 Å². The highest BCUT2D eigenvalue weighted by Crippen LogP contribution is 2.24. The van der Waals surface area contributed by atoms with Gasteiger partial charge in [0.25, 0.3) is 5.91 Å². The molecular formula is C22H22Cl2N2O6. The van der Waals surface area contributed by atoms with Crippen LogP contribution in [0.3, 0.4) is 0 Å². The summed E-state index contributed by atoms with van der Waals surface area (Å²) < 4.78 is 9.95. The second-order valence-corrected chi connectivity index (χ2v) is 7.73. The van der Waals surface area contributed by atoms with Gasteiger partial charge in [-0.25, -0.2) is 4.79 Å². The molecule has 0 aliphatic carbocycles. The van der Waals surface area contributed by atoms with Crippen molar-refractivity contribution >= 4 is 58.3 Å². The summed E-state index contributed by atoms with van der Waals surface area (Å²) in [5.41, 5.74) is 1.23. The maximum absolute atomic E-state index is 12.0. The molecule has 2 aromatic carbocycles. The molecule has 10 heteroatoms. The van der Waals surface area contributed by atoms with Crippen molar-refractivity contribution in [3.63, 3.8) is 0 Å². The Morgan fingerprint density at radius 3 is 2.09 bits per heavy atom. The molecule has 170 valence electrons. The lowest BCUT2D eigenvalue weighted by atomic mass is 10.2. The minimum Gasteiger partial charge on any atom is -0.459 e. The van der Waals surface area contributed by atoms with E-state index in [0.29, 0.717) is 22.0 Å². The van der Waals surface area contributed by atoms with E-state index in [0.717, 1.165) is 0 Å². The number of ether oxygens (including phenoxy) is 2. The number of hydrogen-bond donors (Lipinski definition) is 2. The molecular weight excluding hydrogens is 459 g/mol. The molecule has 0 bridgehead atoms. The molecule has 0 unspecified atom stereocenters. The van der Waals surface area contributed by atoms with E-state index in [-0.39, 0.29) is 24.0 Å². The third-order valence-electron chi connectivity index (χ3n) is 3.87. The first-order chi connectivity index (χ1) is 15.1. The van der Waals surface area contributed by atoms with Gasteiger partial charge >= 0.3 is 11.9 Å². The third-order valence-corrected chi connectivity index (χ3v) is 4.61. The monoisotopic (exact) mass is 480 g/mol. The summed E-state index contributed by atoms with van der Waals surface area (Å²) in [7, 11) is 0. The fraction of sp³-hybridized carbons (Fsp3) is 0.273. The van der Waals surface area contributed by atoms with E-state index >= 15 is 0 Å². The van der Waals surface area contributed by atoms with E-state index in [1.54, 1.807) is 32.0 Å². The van der Waals surface area contributed by atoms with Crippen LogP contribution in [-0.4, -0.2) is 36.5 Å². The summed E-state index contributed by atoms with van der Waals surface area (Å²) in [6, 6.07) is 10.7. The van der Waals surface area contributed by atoms with Gasteiger partial charge in [0.15, 0.2) is 6.61 Å². The van der Waals surface area contributed by atoms with Crippen LogP contribution < -0.4 is 10.6 Å². The lowest BCUT2D eigenvalue weighted by Gasteiger charge is -2.09. The SMILES string of the molecule is CC(C)OC(=O)c1ccc(NC(=O)CCC(=O)OCC(=O)Nc2ccc(Cl)c(Cl)c2)cc1. The fourth-order valence-electron chi connectivity index (χ4n) is 2.40. The Morgan fingerprint density at radius 2 is 1.47 bits per heavy atom. The van der Waals surface area contributed by atoms with E-state index in [1.165, 1.54) is 24.3 Å². The zero-order chi connectivity index (χ0) is 23.7. The molecule has 2 N–H and O–H groups in total. The molecule has 0 fully saturated rings. The number of esters is 2. The van der Waals surface area contributed by atoms with Gasteiger partial charge in [-0.2, -0.15) is 0 Å². The van der Waals surface area contributed by atoms with E-state index in [1.807, 2.05) is 0 Å². The van der Waals surface area contributed by atoms with Crippen LogP contribution in [-0.2, 0) is 23.9 Å². The summed E-state index contributed by atoms with van der Waals surface area (Å²) in [6.07, 6.45) is -0.571. The topological polar surface area (TPSA) is 111 Å². The smallest absolute Gasteiger partial charge is 0.338 e. The van der Waals surface area contributed by atoms with Crippen LogP contribution in [0.25, 0.3) is 0 Å². The average molecular weight is 481 g/mol. The summed E-state index contributed by atoms with van der Waals surface area (Å²) in [6.45, 7) is 2.99. The largest absolute Gasteiger partial charge is 0.459 e. The van der Waals surface area contributed by atoms with Gasteiger partial charge in [-0.15, -0.1) is 0 Å². The van der Waals surface area contributed by atoms with Crippen molar-refractivity contribution in [1.82, 2.24) is 0 Å². The van der Waals surface area contributed by atoms with Crippen LogP contribution in [0.1, 0.15) is 37.0 Å². The maximum Gasteiger partial charge on any atom is 0.338 e. The van der Waals surface area contributed by atoms with Gasteiger partial charge in [-0.05, 0) is 56.3 Å². The second-order valence-electron chi connectivity index (χ2n) is 6.92. The molecule has 2 rings (SSSR count). The molecule has 0 saturated heterocycles. The number of carbonyl (C=O) groups is 4. The average Bonchev–Trinajstić information content (AvgIpc) is 2.73. The number of benzene rings is 2. The van der Waals surface area contributed by atoms with Gasteiger partial charge in [0.2, 0.25) is 5.91 Å². The maximum atomic E-state index is 12.0. The molecule has 0 radical (unpaired) electrons. The molecule has 0 saturated carbocycles. The molecule has 0 heterocycles. The number of carbonyl (C=O) groups excluding carboxylic acids is 4. The second kappa shape index (κ2) is 12.1. The van der Waals surface area contributed by atoms with Gasteiger partial charge in [0.05, 0.1) is 28.1 Å². The van der Waals surface area contributed by atoms with Gasteiger partial charge in [-0.3, -0.25) is 14.4 Å². The Balaban J connectivity index is 1.71. The van der Waals surface area contributed by atoms with Gasteiger partial charge in [0.1, 0.15) is 0 Å². The third kappa shape index (κ3) is 8.56. The minimum absolute atomic E-state index is 0.135. The molecule has 2 aromatic rings. The van der Waals surface area contributed by atoms with Crippen LogP contribution >= 0.6 is 23.2 Å². The Bertz CT molecular complexity index is 992. The number of amides is 2. The van der Waals surface area contributed by atoms with Gasteiger partial charge in [-0.1, -0.05) is 23.2 Å². The van der Waals surface area contributed by atoms with Crippen LogP contribution in [0.4, 0.5) is 11.4 Å². The molecule has 8 nitrogen and oxygen atoms in total. The molecule has 0 atom stereocenters. The van der Waals surface area contributed by atoms with Crippen molar-refractivity contribution in [3.05, 3.63) is 58.1 Å². The lowest BCUT2D eigenvalue weighted by molar-refractivity contribution is -0.147. The van der Waals surface area contributed by atoms with Crippen molar-refractivity contribution < 1.29 is 28.7 Å².